The quantitative estimate of drug-likeness (QED) is 0.294. The SMILES string of the molecule is CCn1c2ccccc2c2cc(CN(C(=O)Nc3cccc(Br)c3)C3CCCCC3)ccc21. The van der Waals surface area contributed by atoms with E-state index >= 15 is 0 Å². The summed E-state index contributed by atoms with van der Waals surface area (Å²) in [6, 6.07) is 23.4. The standard InChI is InChI=1S/C28H30BrN3O/c1-2-31-26-14-7-6-13-24(26)25-17-20(15-16-27(25)31)19-32(23-11-4-3-5-12-23)28(33)30-22-10-8-9-21(29)18-22/h6-10,13-18,23H,2-5,11-12,19H2,1H3,(H,30,33). The molecule has 2 amide bonds. The second-order valence-corrected chi connectivity index (χ2v) is 9.89. The van der Waals surface area contributed by atoms with Gasteiger partial charge < -0.3 is 14.8 Å². The number of amides is 2. The van der Waals surface area contributed by atoms with Gasteiger partial charge in [-0.05, 0) is 61.7 Å². The molecule has 1 fully saturated rings. The fourth-order valence-corrected chi connectivity index (χ4v) is 5.66. The van der Waals surface area contributed by atoms with Crippen molar-refractivity contribution in [3.8, 4) is 0 Å². The summed E-state index contributed by atoms with van der Waals surface area (Å²) < 4.78 is 3.33. The molecule has 4 aromatic rings. The van der Waals surface area contributed by atoms with Gasteiger partial charge in [-0.1, -0.05) is 65.5 Å². The first-order valence-corrected chi connectivity index (χ1v) is 12.8. The van der Waals surface area contributed by atoms with E-state index in [1.54, 1.807) is 0 Å². The third kappa shape index (κ3) is 4.51. The predicted octanol–water partition coefficient (Wildman–Crippen LogP) is 7.94. The lowest BCUT2D eigenvalue weighted by molar-refractivity contribution is 0.163. The van der Waals surface area contributed by atoms with E-state index in [0.29, 0.717) is 6.54 Å². The maximum atomic E-state index is 13.4. The largest absolute Gasteiger partial charge is 0.341 e. The van der Waals surface area contributed by atoms with Crippen LogP contribution in [0.4, 0.5) is 10.5 Å². The summed E-state index contributed by atoms with van der Waals surface area (Å²) in [6.45, 7) is 3.75. The highest BCUT2D eigenvalue weighted by atomic mass is 79.9. The first-order valence-electron chi connectivity index (χ1n) is 12.0. The highest BCUT2D eigenvalue weighted by molar-refractivity contribution is 9.10. The van der Waals surface area contributed by atoms with E-state index in [9.17, 15) is 4.79 Å². The van der Waals surface area contributed by atoms with Gasteiger partial charge in [-0.2, -0.15) is 0 Å². The fraction of sp³-hybridized carbons (Fsp3) is 0.321. The number of rotatable bonds is 5. The maximum Gasteiger partial charge on any atom is 0.322 e. The molecule has 5 heteroatoms. The van der Waals surface area contributed by atoms with Crippen molar-refractivity contribution >= 4 is 49.5 Å². The molecule has 0 atom stereocenters. The minimum absolute atomic E-state index is 0.0175. The minimum atomic E-state index is -0.0175. The second-order valence-electron chi connectivity index (χ2n) is 8.97. The Morgan fingerprint density at radius 1 is 0.970 bits per heavy atom. The number of para-hydroxylation sites is 1. The number of halogens is 1. The molecule has 0 unspecified atom stereocenters. The molecule has 5 rings (SSSR count). The number of nitrogens with zero attached hydrogens (tertiary/aromatic N) is 2. The molecule has 0 saturated heterocycles. The van der Waals surface area contributed by atoms with E-state index in [-0.39, 0.29) is 12.1 Å². The van der Waals surface area contributed by atoms with Gasteiger partial charge in [0.25, 0.3) is 0 Å². The normalized spacial score (nSPS) is 14.6. The Kier molecular flexibility index (Phi) is 6.41. The summed E-state index contributed by atoms with van der Waals surface area (Å²) in [5.41, 5.74) is 4.52. The number of anilines is 1. The van der Waals surface area contributed by atoms with E-state index in [0.717, 1.165) is 29.5 Å². The van der Waals surface area contributed by atoms with Crippen LogP contribution in [0.25, 0.3) is 21.8 Å². The van der Waals surface area contributed by atoms with Crippen LogP contribution in [0.15, 0.2) is 71.2 Å². The van der Waals surface area contributed by atoms with Gasteiger partial charge in [0, 0.05) is 51.1 Å². The number of aryl methyl sites for hydroxylation is 1. The number of urea groups is 1. The molecule has 33 heavy (non-hydrogen) atoms. The number of hydrogen-bond donors (Lipinski definition) is 1. The van der Waals surface area contributed by atoms with Crippen molar-refractivity contribution in [3.63, 3.8) is 0 Å². The molecule has 1 N–H and O–H groups in total. The molecule has 1 aliphatic rings. The van der Waals surface area contributed by atoms with Gasteiger partial charge in [-0.15, -0.1) is 0 Å². The molecule has 1 aromatic heterocycles. The van der Waals surface area contributed by atoms with Gasteiger partial charge in [-0.3, -0.25) is 0 Å². The topological polar surface area (TPSA) is 37.3 Å². The van der Waals surface area contributed by atoms with E-state index in [1.165, 1.54) is 46.6 Å². The number of aromatic nitrogens is 1. The van der Waals surface area contributed by atoms with Crippen molar-refractivity contribution in [2.45, 2.75) is 58.2 Å². The second kappa shape index (κ2) is 9.60. The lowest BCUT2D eigenvalue weighted by atomic mass is 9.94. The zero-order valence-corrected chi connectivity index (χ0v) is 20.6. The van der Waals surface area contributed by atoms with Crippen molar-refractivity contribution in [1.29, 1.82) is 0 Å². The van der Waals surface area contributed by atoms with Crippen LogP contribution in [0.2, 0.25) is 0 Å². The Hall–Kier alpha value is -2.79. The van der Waals surface area contributed by atoms with Crippen molar-refractivity contribution in [3.05, 3.63) is 76.8 Å². The van der Waals surface area contributed by atoms with Crippen LogP contribution < -0.4 is 5.32 Å². The summed E-state index contributed by atoms with van der Waals surface area (Å²) >= 11 is 3.50. The van der Waals surface area contributed by atoms with Crippen molar-refractivity contribution in [1.82, 2.24) is 9.47 Å². The molecular weight excluding hydrogens is 474 g/mol. The van der Waals surface area contributed by atoms with Gasteiger partial charge in [0.05, 0.1) is 0 Å². The molecule has 0 radical (unpaired) electrons. The average molecular weight is 504 g/mol. The maximum absolute atomic E-state index is 13.4. The van der Waals surface area contributed by atoms with Gasteiger partial charge in [0.2, 0.25) is 0 Å². The Morgan fingerprint density at radius 2 is 1.76 bits per heavy atom. The molecule has 170 valence electrons. The number of benzene rings is 3. The van der Waals surface area contributed by atoms with Gasteiger partial charge in [0.15, 0.2) is 0 Å². The number of nitrogens with one attached hydrogen (secondary N) is 1. The van der Waals surface area contributed by atoms with Crippen molar-refractivity contribution < 1.29 is 4.79 Å². The molecule has 1 aliphatic carbocycles. The summed E-state index contributed by atoms with van der Waals surface area (Å²) in [5.74, 6) is 0. The van der Waals surface area contributed by atoms with Gasteiger partial charge in [0.1, 0.15) is 0 Å². The zero-order chi connectivity index (χ0) is 22.8. The summed E-state index contributed by atoms with van der Waals surface area (Å²) in [5, 5.41) is 5.67. The first kappa shape index (κ1) is 22.0. The van der Waals surface area contributed by atoms with E-state index < -0.39 is 0 Å². The van der Waals surface area contributed by atoms with Crippen LogP contribution in [-0.4, -0.2) is 21.5 Å². The Labute approximate surface area is 203 Å². The Balaban J connectivity index is 1.48. The Morgan fingerprint density at radius 3 is 2.55 bits per heavy atom. The molecule has 0 spiro atoms. The van der Waals surface area contributed by atoms with E-state index in [1.807, 2.05) is 24.3 Å². The van der Waals surface area contributed by atoms with Gasteiger partial charge in [-0.25, -0.2) is 4.79 Å². The monoisotopic (exact) mass is 503 g/mol. The predicted molar refractivity (Wildman–Crippen MR) is 141 cm³/mol. The Bertz CT molecular complexity index is 1290. The molecular formula is C28H30BrN3O. The summed E-state index contributed by atoms with van der Waals surface area (Å²) in [6.07, 6.45) is 5.79. The van der Waals surface area contributed by atoms with Crippen molar-refractivity contribution in [2.24, 2.45) is 0 Å². The highest BCUT2D eigenvalue weighted by Crippen LogP contribution is 2.31. The lowest BCUT2D eigenvalue weighted by Gasteiger charge is -2.34. The molecule has 3 aromatic carbocycles. The highest BCUT2D eigenvalue weighted by Gasteiger charge is 2.26. The third-order valence-corrected chi connectivity index (χ3v) is 7.35. The van der Waals surface area contributed by atoms with Crippen LogP contribution in [0.3, 0.4) is 0 Å². The molecule has 0 bridgehead atoms. The van der Waals surface area contributed by atoms with Crippen LogP contribution in [-0.2, 0) is 13.1 Å². The molecule has 1 saturated carbocycles. The van der Waals surface area contributed by atoms with Crippen LogP contribution in [0.5, 0.6) is 0 Å². The minimum Gasteiger partial charge on any atom is -0.341 e. The zero-order valence-electron chi connectivity index (χ0n) is 19.1. The number of hydrogen-bond acceptors (Lipinski definition) is 1. The van der Waals surface area contributed by atoms with Gasteiger partial charge >= 0.3 is 6.03 Å². The average Bonchev–Trinajstić information content (AvgIpc) is 3.16. The number of carbonyl (C=O) groups is 1. The molecule has 1 heterocycles. The fourth-order valence-electron chi connectivity index (χ4n) is 5.26. The van der Waals surface area contributed by atoms with E-state index in [2.05, 4.69) is 80.1 Å². The van der Waals surface area contributed by atoms with E-state index in [4.69, 9.17) is 0 Å². The molecule has 0 aliphatic heterocycles. The first-order chi connectivity index (χ1) is 16.1. The van der Waals surface area contributed by atoms with Crippen LogP contribution >= 0.6 is 15.9 Å². The lowest BCUT2D eigenvalue weighted by Crippen LogP contribution is -2.43. The van der Waals surface area contributed by atoms with Crippen LogP contribution in [0.1, 0.15) is 44.6 Å². The molecule has 4 nitrogen and oxygen atoms in total. The number of fused-ring (bicyclic) bond motifs is 3. The summed E-state index contributed by atoms with van der Waals surface area (Å²) in [7, 11) is 0. The van der Waals surface area contributed by atoms with Crippen molar-refractivity contribution in [2.75, 3.05) is 5.32 Å². The smallest absolute Gasteiger partial charge is 0.322 e. The van der Waals surface area contributed by atoms with Crippen LogP contribution in [0, 0.1) is 0 Å². The number of carbonyl (C=O) groups excluding carboxylic acids is 1. The third-order valence-electron chi connectivity index (χ3n) is 6.86. The summed E-state index contributed by atoms with van der Waals surface area (Å²) in [4.78, 5) is 15.5.